The van der Waals surface area contributed by atoms with Gasteiger partial charge >= 0.3 is 0 Å². The molecule has 0 saturated heterocycles. The van der Waals surface area contributed by atoms with Gasteiger partial charge in [0.25, 0.3) is 11.7 Å². The third kappa shape index (κ3) is 3.05. The summed E-state index contributed by atoms with van der Waals surface area (Å²) < 4.78 is 0.680. The van der Waals surface area contributed by atoms with Crippen LogP contribution in [0.5, 0.6) is 0 Å². The number of Topliss-reactive ketones (excluding diaryl/α,β-unsaturated/α-hetero) is 1. The van der Waals surface area contributed by atoms with Crippen LogP contribution in [0, 0.1) is 0 Å². The first-order valence-electron chi connectivity index (χ1n) is 6.78. The van der Waals surface area contributed by atoms with Gasteiger partial charge in [-0.3, -0.25) is 19.3 Å². The molecule has 5 nitrogen and oxygen atoms in total. The Bertz CT molecular complexity index is 886. The van der Waals surface area contributed by atoms with Crippen LogP contribution in [0.25, 0.3) is 0 Å². The van der Waals surface area contributed by atoms with Crippen molar-refractivity contribution < 1.29 is 14.4 Å². The lowest BCUT2D eigenvalue weighted by Gasteiger charge is -2.16. The number of nitrogens with zero attached hydrogens (tertiary/aromatic N) is 1. The molecule has 0 aromatic heterocycles. The maximum atomic E-state index is 12.2. The molecule has 0 atom stereocenters. The zero-order valence-electron chi connectivity index (χ0n) is 12.0. The van der Waals surface area contributed by atoms with Gasteiger partial charge < -0.3 is 5.32 Å². The van der Waals surface area contributed by atoms with E-state index in [1.807, 2.05) is 0 Å². The molecule has 3 rings (SSSR count). The van der Waals surface area contributed by atoms with E-state index in [-0.39, 0.29) is 17.1 Å². The molecule has 0 saturated carbocycles. The minimum atomic E-state index is -0.740. The number of halogens is 3. The first-order valence-corrected chi connectivity index (χ1v) is 8.33. The van der Waals surface area contributed by atoms with E-state index in [1.165, 1.54) is 0 Å². The average molecular weight is 428 g/mol. The Labute approximate surface area is 155 Å². The third-order valence-corrected chi connectivity index (χ3v) is 4.77. The minimum Gasteiger partial charge on any atom is -0.323 e. The number of nitrogens with one attached hydrogen (secondary N) is 1. The van der Waals surface area contributed by atoms with Gasteiger partial charge in [0.1, 0.15) is 6.54 Å². The Hall–Kier alpha value is -1.89. The van der Waals surface area contributed by atoms with Gasteiger partial charge in [-0.25, -0.2) is 0 Å². The highest BCUT2D eigenvalue weighted by atomic mass is 79.9. The highest BCUT2D eigenvalue weighted by Gasteiger charge is 2.36. The van der Waals surface area contributed by atoms with Crippen molar-refractivity contribution in [3.05, 3.63) is 56.5 Å². The summed E-state index contributed by atoms with van der Waals surface area (Å²) >= 11 is 15.2. The van der Waals surface area contributed by atoms with E-state index in [0.29, 0.717) is 20.9 Å². The number of benzene rings is 2. The highest BCUT2D eigenvalue weighted by Crippen LogP contribution is 2.32. The molecule has 24 heavy (non-hydrogen) atoms. The topological polar surface area (TPSA) is 66.5 Å². The highest BCUT2D eigenvalue weighted by molar-refractivity contribution is 9.10. The van der Waals surface area contributed by atoms with Crippen LogP contribution < -0.4 is 10.2 Å². The van der Waals surface area contributed by atoms with Crippen molar-refractivity contribution in [1.82, 2.24) is 0 Å². The van der Waals surface area contributed by atoms with E-state index in [0.717, 1.165) is 4.90 Å². The predicted octanol–water partition coefficient (Wildman–Crippen LogP) is 3.92. The molecule has 1 aliphatic heterocycles. The summed E-state index contributed by atoms with van der Waals surface area (Å²) in [6.07, 6.45) is 0. The Morgan fingerprint density at radius 3 is 2.67 bits per heavy atom. The van der Waals surface area contributed by atoms with Gasteiger partial charge in [0.05, 0.1) is 27.0 Å². The number of hydrogen-bond acceptors (Lipinski definition) is 3. The molecule has 8 heteroatoms. The van der Waals surface area contributed by atoms with Gasteiger partial charge in [-0.2, -0.15) is 0 Å². The Morgan fingerprint density at radius 1 is 1.17 bits per heavy atom. The summed E-state index contributed by atoms with van der Waals surface area (Å²) in [6.45, 7) is -0.304. The average Bonchev–Trinajstić information content (AvgIpc) is 2.77. The van der Waals surface area contributed by atoms with E-state index in [4.69, 9.17) is 23.2 Å². The van der Waals surface area contributed by atoms with Crippen molar-refractivity contribution in [1.29, 1.82) is 0 Å². The van der Waals surface area contributed by atoms with Crippen LogP contribution in [0.1, 0.15) is 10.4 Å². The van der Waals surface area contributed by atoms with Crippen LogP contribution in [0.2, 0.25) is 10.0 Å². The number of ketones is 1. The molecule has 0 radical (unpaired) electrons. The van der Waals surface area contributed by atoms with Gasteiger partial charge in [0, 0.05) is 4.47 Å². The van der Waals surface area contributed by atoms with Crippen molar-refractivity contribution >= 4 is 68.1 Å². The van der Waals surface area contributed by atoms with Crippen LogP contribution in [0.4, 0.5) is 11.4 Å². The number of carbonyl (C=O) groups is 3. The summed E-state index contributed by atoms with van der Waals surface area (Å²) in [4.78, 5) is 37.5. The molecular weight excluding hydrogens is 419 g/mol. The first-order chi connectivity index (χ1) is 11.4. The second-order valence-electron chi connectivity index (χ2n) is 5.03. The van der Waals surface area contributed by atoms with E-state index < -0.39 is 17.6 Å². The summed E-state index contributed by atoms with van der Waals surface area (Å²) in [5, 5.41) is 3.10. The van der Waals surface area contributed by atoms with E-state index >= 15 is 0 Å². The smallest absolute Gasteiger partial charge is 0.299 e. The zero-order valence-corrected chi connectivity index (χ0v) is 15.1. The number of anilines is 2. The molecule has 0 bridgehead atoms. The summed E-state index contributed by atoms with van der Waals surface area (Å²) in [5.74, 6) is -1.87. The molecule has 1 aliphatic rings. The number of hydrogen-bond donors (Lipinski definition) is 1. The minimum absolute atomic E-state index is 0.209. The molecule has 122 valence electrons. The maximum Gasteiger partial charge on any atom is 0.299 e. The quantitative estimate of drug-likeness (QED) is 0.754. The second kappa shape index (κ2) is 6.55. The molecule has 1 heterocycles. The van der Waals surface area contributed by atoms with Crippen LogP contribution in [0.3, 0.4) is 0 Å². The van der Waals surface area contributed by atoms with E-state index in [9.17, 15) is 14.4 Å². The van der Waals surface area contributed by atoms with Crippen molar-refractivity contribution in [2.24, 2.45) is 0 Å². The molecule has 0 unspecified atom stereocenters. The van der Waals surface area contributed by atoms with Gasteiger partial charge in [-0.05, 0) is 30.3 Å². The van der Waals surface area contributed by atoms with Crippen LogP contribution in [-0.2, 0) is 9.59 Å². The first kappa shape index (κ1) is 17.0. The number of rotatable bonds is 3. The Morgan fingerprint density at radius 2 is 1.92 bits per heavy atom. The summed E-state index contributed by atoms with van der Waals surface area (Å²) in [7, 11) is 0. The van der Waals surface area contributed by atoms with Crippen molar-refractivity contribution in [2.45, 2.75) is 0 Å². The molecule has 2 aromatic rings. The lowest BCUT2D eigenvalue weighted by Crippen LogP contribution is -2.37. The third-order valence-electron chi connectivity index (χ3n) is 3.46. The Balaban J connectivity index is 1.81. The normalized spacial score (nSPS) is 13.2. The number of carbonyl (C=O) groups excluding carboxylic acids is 3. The molecule has 1 N–H and O–H groups in total. The van der Waals surface area contributed by atoms with E-state index in [2.05, 4.69) is 21.2 Å². The monoisotopic (exact) mass is 426 g/mol. The largest absolute Gasteiger partial charge is 0.323 e. The summed E-state index contributed by atoms with van der Waals surface area (Å²) in [6, 6.07) is 9.69. The van der Waals surface area contributed by atoms with Gasteiger partial charge in [0.2, 0.25) is 5.91 Å². The van der Waals surface area contributed by atoms with Crippen LogP contribution in [-0.4, -0.2) is 24.1 Å². The van der Waals surface area contributed by atoms with Crippen molar-refractivity contribution in [3.63, 3.8) is 0 Å². The number of fused-ring (bicyclic) bond motifs is 1. The molecular formula is C16H9BrCl2N2O3. The fourth-order valence-corrected chi connectivity index (χ4v) is 3.07. The fraction of sp³-hybridized carbons (Fsp3) is 0.0625. The molecule has 0 spiro atoms. The molecule has 0 fully saturated rings. The van der Waals surface area contributed by atoms with Gasteiger partial charge in [-0.15, -0.1) is 0 Å². The van der Waals surface area contributed by atoms with Crippen molar-refractivity contribution in [2.75, 3.05) is 16.8 Å². The lowest BCUT2D eigenvalue weighted by atomic mass is 10.1. The van der Waals surface area contributed by atoms with Gasteiger partial charge in [-0.1, -0.05) is 45.2 Å². The van der Waals surface area contributed by atoms with Crippen LogP contribution in [0.15, 0.2) is 40.9 Å². The standard InChI is InChI=1S/C16H9BrCl2N2O3/c17-8-4-5-12-9(6-8)15(23)16(24)21(12)7-13(22)20-11-3-1-2-10(18)14(11)19/h1-6H,7H2,(H,20,22). The SMILES string of the molecule is O=C(CN1C(=O)C(=O)c2cc(Br)ccc21)Nc1cccc(Cl)c1Cl. The zero-order chi connectivity index (χ0) is 17.4. The molecule has 2 aromatic carbocycles. The predicted molar refractivity (Wildman–Crippen MR) is 95.9 cm³/mol. The number of amides is 2. The second-order valence-corrected chi connectivity index (χ2v) is 6.73. The molecule has 0 aliphatic carbocycles. The fourth-order valence-electron chi connectivity index (χ4n) is 2.36. The van der Waals surface area contributed by atoms with Crippen LogP contribution >= 0.6 is 39.1 Å². The van der Waals surface area contributed by atoms with E-state index in [1.54, 1.807) is 36.4 Å². The Kier molecular flexibility index (Phi) is 4.62. The van der Waals surface area contributed by atoms with Crippen molar-refractivity contribution in [3.8, 4) is 0 Å². The van der Waals surface area contributed by atoms with Gasteiger partial charge in [0.15, 0.2) is 0 Å². The molecule has 2 amide bonds. The summed E-state index contributed by atoms with van der Waals surface area (Å²) in [5.41, 5.74) is 1.01. The lowest BCUT2D eigenvalue weighted by molar-refractivity contribution is -0.118. The maximum absolute atomic E-state index is 12.2.